The van der Waals surface area contributed by atoms with Crippen molar-refractivity contribution in [2.75, 3.05) is 6.54 Å². The van der Waals surface area contributed by atoms with E-state index in [-0.39, 0.29) is 0 Å². The number of hydrogen-bond acceptors (Lipinski definition) is 4. The van der Waals surface area contributed by atoms with Crippen molar-refractivity contribution in [2.45, 2.75) is 13.3 Å². The zero-order chi connectivity index (χ0) is 9.97. The fraction of sp³-hybridized carbons (Fsp3) is 0.300. The van der Waals surface area contributed by atoms with E-state index in [4.69, 9.17) is 14.6 Å². The molecule has 0 spiro atoms. The van der Waals surface area contributed by atoms with E-state index in [1.54, 1.807) is 12.5 Å². The van der Waals surface area contributed by atoms with Crippen molar-refractivity contribution in [3.8, 4) is 11.5 Å². The van der Waals surface area contributed by atoms with Crippen LogP contribution in [0.5, 0.6) is 0 Å². The summed E-state index contributed by atoms with van der Waals surface area (Å²) < 4.78 is 10.5. The molecule has 0 radical (unpaired) electrons. The van der Waals surface area contributed by atoms with E-state index in [2.05, 4.69) is 4.98 Å². The highest BCUT2D eigenvalue weighted by Gasteiger charge is 2.11. The van der Waals surface area contributed by atoms with Crippen LogP contribution in [0.3, 0.4) is 0 Å². The average Bonchev–Trinajstić information content (AvgIpc) is 2.76. The van der Waals surface area contributed by atoms with Gasteiger partial charge in [-0.05, 0) is 19.5 Å². The fourth-order valence-electron chi connectivity index (χ4n) is 1.30. The molecule has 0 unspecified atom stereocenters. The molecule has 2 N–H and O–H groups in total. The van der Waals surface area contributed by atoms with Gasteiger partial charge >= 0.3 is 0 Å². The second-order valence-electron chi connectivity index (χ2n) is 3.08. The first-order valence-electron chi connectivity index (χ1n) is 4.50. The highest BCUT2D eigenvalue weighted by Crippen LogP contribution is 2.21. The number of aromatic nitrogens is 1. The molecule has 4 nitrogen and oxygen atoms in total. The third-order valence-corrected chi connectivity index (χ3v) is 2.03. The van der Waals surface area contributed by atoms with Crippen molar-refractivity contribution in [3.63, 3.8) is 0 Å². The van der Waals surface area contributed by atoms with Crippen molar-refractivity contribution in [3.05, 3.63) is 30.0 Å². The van der Waals surface area contributed by atoms with E-state index < -0.39 is 0 Å². The van der Waals surface area contributed by atoms with Crippen LogP contribution in [0.1, 0.15) is 11.5 Å². The fourth-order valence-corrected chi connectivity index (χ4v) is 1.30. The standard InChI is InChI=1S/C10H12N2O2/c1-7-9(2-4-11)14-10(12-7)8-3-5-13-6-8/h3,5-6H,2,4,11H2,1H3. The lowest BCUT2D eigenvalue weighted by molar-refractivity contribution is 0.514. The van der Waals surface area contributed by atoms with Gasteiger partial charge in [0, 0.05) is 6.42 Å². The van der Waals surface area contributed by atoms with Crippen LogP contribution in [0.4, 0.5) is 0 Å². The van der Waals surface area contributed by atoms with Crippen molar-refractivity contribution in [1.29, 1.82) is 0 Å². The van der Waals surface area contributed by atoms with Crippen LogP contribution in [-0.4, -0.2) is 11.5 Å². The molecular formula is C10H12N2O2. The van der Waals surface area contributed by atoms with Gasteiger partial charge in [-0.2, -0.15) is 0 Å². The number of oxazole rings is 1. The molecule has 0 saturated carbocycles. The molecule has 0 saturated heterocycles. The van der Waals surface area contributed by atoms with E-state index in [0.717, 1.165) is 23.4 Å². The van der Waals surface area contributed by atoms with Crippen molar-refractivity contribution in [2.24, 2.45) is 5.73 Å². The van der Waals surface area contributed by atoms with Crippen molar-refractivity contribution < 1.29 is 8.83 Å². The maximum absolute atomic E-state index is 5.55. The Bertz CT molecular complexity index is 404. The zero-order valence-corrected chi connectivity index (χ0v) is 7.99. The van der Waals surface area contributed by atoms with E-state index in [0.29, 0.717) is 12.4 Å². The Kier molecular flexibility index (Phi) is 2.37. The summed E-state index contributed by atoms with van der Waals surface area (Å²) in [6.07, 6.45) is 3.92. The van der Waals surface area contributed by atoms with Gasteiger partial charge in [0.1, 0.15) is 12.0 Å². The zero-order valence-electron chi connectivity index (χ0n) is 7.99. The van der Waals surface area contributed by atoms with Crippen LogP contribution >= 0.6 is 0 Å². The maximum Gasteiger partial charge on any atom is 0.229 e. The SMILES string of the molecule is Cc1nc(-c2ccoc2)oc1CCN. The molecule has 2 heterocycles. The Labute approximate surface area is 81.7 Å². The average molecular weight is 192 g/mol. The molecule has 0 aliphatic heterocycles. The Morgan fingerprint density at radius 3 is 3.00 bits per heavy atom. The van der Waals surface area contributed by atoms with E-state index in [1.165, 1.54) is 0 Å². The van der Waals surface area contributed by atoms with Gasteiger partial charge in [-0.15, -0.1) is 0 Å². The molecule has 2 aromatic heterocycles. The normalized spacial score (nSPS) is 10.7. The molecule has 0 fully saturated rings. The van der Waals surface area contributed by atoms with Gasteiger partial charge in [0.05, 0.1) is 17.5 Å². The quantitative estimate of drug-likeness (QED) is 0.804. The second kappa shape index (κ2) is 3.67. The number of aryl methyl sites for hydroxylation is 1. The predicted octanol–water partition coefficient (Wildman–Crippen LogP) is 1.74. The first-order valence-corrected chi connectivity index (χ1v) is 4.50. The maximum atomic E-state index is 5.55. The summed E-state index contributed by atoms with van der Waals surface area (Å²) >= 11 is 0. The third kappa shape index (κ3) is 1.56. The summed E-state index contributed by atoms with van der Waals surface area (Å²) in [5, 5.41) is 0. The summed E-state index contributed by atoms with van der Waals surface area (Å²) in [7, 11) is 0. The van der Waals surface area contributed by atoms with Gasteiger partial charge in [-0.1, -0.05) is 0 Å². The second-order valence-corrected chi connectivity index (χ2v) is 3.08. The van der Waals surface area contributed by atoms with Gasteiger partial charge in [0.2, 0.25) is 5.89 Å². The van der Waals surface area contributed by atoms with Crippen LogP contribution in [0.15, 0.2) is 27.4 Å². The summed E-state index contributed by atoms with van der Waals surface area (Å²) in [5.41, 5.74) is 7.20. The topological polar surface area (TPSA) is 65.2 Å². The predicted molar refractivity (Wildman–Crippen MR) is 51.7 cm³/mol. The third-order valence-electron chi connectivity index (χ3n) is 2.03. The lowest BCUT2D eigenvalue weighted by Crippen LogP contribution is -2.02. The highest BCUT2D eigenvalue weighted by molar-refractivity contribution is 5.51. The van der Waals surface area contributed by atoms with Crippen LogP contribution in [0, 0.1) is 6.92 Å². The van der Waals surface area contributed by atoms with Gasteiger partial charge in [0.15, 0.2) is 0 Å². The molecule has 0 aliphatic rings. The molecule has 0 aliphatic carbocycles. The summed E-state index contributed by atoms with van der Waals surface area (Å²) in [6, 6.07) is 1.82. The summed E-state index contributed by atoms with van der Waals surface area (Å²) in [4.78, 5) is 4.29. The van der Waals surface area contributed by atoms with E-state index in [1.807, 2.05) is 13.0 Å². The number of nitrogens with zero attached hydrogens (tertiary/aromatic N) is 1. The molecule has 0 aromatic carbocycles. The van der Waals surface area contributed by atoms with E-state index in [9.17, 15) is 0 Å². The molecule has 14 heavy (non-hydrogen) atoms. The van der Waals surface area contributed by atoms with Crippen LogP contribution in [0.2, 0.25) is 0 Å². The molecule has 2 rings (SSSR count). The van der Waals surface area contributed by atoms with Gasteiger partial charge < -0.3 is 14.6 Å². The largest absolute Gasteiger partial charge is 0.472 e. The molecule has 2 aromatic rings. The first kappa shape index (κ1) is 9.02. The smallest absolute Gasteiger partial charge is 0.229 e. The van der Waals surface area contributed by atoms with Crippen LogP contribution < -0.4 is 5.73 Å². The molecule has 0 amide bonds. The lowest BCUT2D eigenvalue weighted by atomic mass is 10.3. The highest BCUT2D eigenvalue weighted by atomic mass is 16.4. The lowest BCUT2D eigenvalue weighted by Gasteiger charge is -1.91. The molecule has 4 heteroatoms. The number of nitrogens with two attached hydrogens (primary N) is 1. The Morgan fingerprint density at radius 2 is 2.36 bits per heavy atom. The first-order chi connectivity index (χ1) is 6.81. The number of furan rings is 1. The van der Waals surface area contributed by atoms with Gasteiger partial charge in [-0.25, -0.2) is 4.98 Å². The minimum Gasteiger partial charge on any atom is -0.472 e. The Morgan fingerprint density at radius 1 is 1.50 bits per heavy atom. The number of hydrogen-bond donors (Lipinski definition) is 1. The van der Waals surface area contributed by atoms with Crippen molar-refractivity contribution in [1.82, 2.24) is 4.98 Å². The van der Waals surface area contributed by atoms with Gasteiger partial charge in [0.25, 0.3) is 0 Å². The molecular weight excluding hydrogens is 180 g/mol. The monoisotopic (exact) mass is 192 g/mol. The Balaban J connectivity index is 2.33. The van der Waals surface area contributed by atoms with Crippen molar-refractivity contribution >= 4 is 0 Å². The summed E-state index contributed by atoms with van der Waals surface area (Å²) in [6.45, 7) is 2.49. The molecule has 74 valence electrons. The van der Waals surface area contributed by atoms with Gasteiger partial charge in [-0.3, -0.25) is 0 Å². The Hall–Kier alpha value is -1.55. The van der Waals surface area contributed by atoms with Crippen LogP contribution in [0.25, 0.3) is 11.5 Å². The van der Waals surface area contributed by atoms with E-state index >= 15 is 0 Å². The minimum absolute atomic E-state index is 0.570. The number of rotatable bonds is 3. The minimum atomic E-state index is 0.570. The molecule has 0 bridgehead atoms. The van der Waals surface area contributed by atoms with Crippen LogP contribution in [-0.2, 0) is 6.42 Å². The summed E-state index contributed by atoms with van der Waals surface area (Å²) in [5.74, 6) is 1.45. The molecule has 0 atom stereocenters.